The number of hydrogen-bond donors (Lipinski definition) is 1. The van der Waals surface area contributed by atoms with Gasteiger partial charge in [-0.1, -0.05) is 38.3 Å². The first-order chi connectivity index (χ1) is 8.85. The van der Waals surface area contributed by atoms with Crippen molar-refractivity contribution in [2.45, 2.75) is 70.8 Å². The third-order valence-corrected chi connectivity index (χ3v) is 3.76. The monoisotopic (exact) mass is 251 g/mol. The Bertz CT molecular complexity index is 351. The molecule has 4 heteroatoms. The summed E-state index contributed by atoms with van der Waals surface area (Å²) in [5.41, 5.74) is 0. The lowest BCUT2D eigenvalue weighted by atomic mass is 9.94. The lowest BCUT2D eigenvalue weighted by Gasteiger charge is -2.22. The Balaban J connectivity index is 2.09. The Kier molecular flexibility index (Phi) is 5.17. The van der Waals surface area contributed by atoms with Crippen LogP contribution in [0.3, 0.4) is 0 Å². The minimum absolute atomic E-state index is 0.408. The van der Waals surface area contributed by atoms with Gasteiger partial charge in [0.15, 0.2) is 5.82 Å². The zero-order chi connectivity index (χ0) is 12.8. The van der Waals surface area contributed by atoms with Gasteiger partial charge in [0.05, 0.1) is 5.92 Å². The Morgan fingerprint density at radius 2 is 2.06 bits per heavy atom. The van der Waals surface area contributed by atoms with Crippen molar-refractivity contribution in [2.75, 3.05) is 6.54 Å². The predicted molar refractivity (Wildman–Crippen MR) is 71.6 cm³/mol. The summed E-state index contributed by atoms with van der Waals surface area (Å²) >= 11 is 0. The minimum Gasteiger partial charge on any atom is -0.339 e. The van der Waals surface area contributed by atoms with Crippen LogP contribution in [0.1, 0.15) is 70.0 Å². The molecule has 1 aliphatic rings. The number of nitrogens with one attached hydrogen (secondary N) is 1. The van der Waals surface area contributed by atoms with Crippen molar-refractivity contribution in [3.05, 3.63) is 11.7 Å². The van der Waals surface area contributed by atoms with E-state index in [1.807, 2.05) is 0 Å². The molecule has 1 aromatic heterocycles. The molecule has 2 unspecified atom stereocenters. The maximum atomic E-state index is 5.49. The van der Waals surface area contributed by atoms with Gasteiger partial charge in [-0.15, -0.1) is 0 Å². The SMILES string of the molecule is CCCc1noc(C2CCCCCC2NCC)n1. The highest BCUT2D eigenvalue weighted by Crippen LogP contribution is 2.31. The smallest absolute Gasteiger partial charge is 0.231 e. The number of likely N-dealkylation sites (N-methyl/N-ethyl adjacent to an activating group) is 1. The average Bonchev–Trinajstić information content (AvgIpc) is 2.69. The first-order valence-electron chi connectivity index (χ1n) is 7.41. The predicted octanol–water partition coefficient (Wildman–Crippen LogP) is 3.05. The topological polar surface area (TPSA) is 51.0 Å². The molecule has 2 rings (SSSR count). The Morgan fingerprint density at radius 3 is 2.83 bits per heavy atom. The standard InChI is InChI=1S/C14H25N3O/c1-3-8-13-16-14(18-17-13)11-9-6-5-7-10-12(11)15-4-2/h11-12,15H,3-10H2,1-2H3. The molecule has 0 aliphatic heterocycles. The van der Waals surface area contributed by atoms with Gasteiger partial charge in [0.1, 0.15) is 0 Å². The highest BCUT2D eigenvalue weighted by molar-refractivity contribution is 5.00. The zero-order valence-electron chi connectivity index (χ0n) is 11.6. The van der Waals surface area contributed by atoms with Crippen LogP contribution in [-0.2, 0) is 6.42 Å². The minimum atomic E-state index is 0.408. The van der Waals surface area contributed by atoms with E-state index in [2.05, 4.69) is 29.3 Å². The lowest BCUT2D eigenvalue weighted by Crippen LogP contribution is -2.34. The van der Waals surface area contributed by atoms with Gasteiger partial charge in [-0.3, -0.25) is 0 Å². The van der Waals surface area contributed by atoms with Crippen molar-refractivity contribution in [3.8, 4) is 0 Å². The molecule has 1 fully saturated rings. The first-order valence-corrected chi connectivity index (χ1v) is 7.41. The van der Waals surface area contributed by atoms with E-state index in [9.17, 15) is 0 Å². The molecule has 0 amide bonds. The third-order valence-electron chi connectivity index (χ3n) is 3.76. The second-order valence-electron chi connectivity index (χ2n) is 5.21. The molecular weight excluding hydrogens is 226 g/mol. The van der Waals surface area contributed by atoms with Crippen LogP contribution in [0.4, 0.5) is 0 Å². The van der Waals surface area contributed by atoms with Gasteiger partial charge in [-0.2, -0.15) is 4.98 Å². The van der Waals surface area contributed by atoms with Crippen LogP contribution in [0, 0.1) is 0 Å². The van der Waals surface area contributed by atoms with Crippen LogP contribution < -0.4 is 5.32 Å². The van der Waals surface area contributed by atoms with E-state index in [1.54, 1.807) is 0 Å². The lowest BCUT2D eigenvalue weighted by molar-refractivity contribution is 0.304. The molecular formula is C14H25N3O. The second kappa shape index (κ2) is 6.88. The first kappa shape index (κ1) is 13.5. The number of nitrogens with zero attached hydrogens (tertiary/aromatic N) is 2. The number of hydrogen-bond acceptors (Lipinski definition) is 4. The summed E-state index contributed by atoms with van der Waals surface area (Å²) in [4.78, 5) is 4.58. The Labute approximate surface area is 110 Å². The number of aryl methyl sites for hydroxylation is 1. The fourth-order valence-corrected chi connectivity index (χ4v) is 2.85. The van der Waals surface area contributed by atoms with Gasteiger partial charge in [0, 0.05) is 12.5 Å². The van der Waals surface area contributed by atoms with Crippen LogP contribution in [-0.4, -0.2) is 22.7 Å². The van der Waals surface area contributed by atoms with E-state index in [0.29, 0.717) is 12.0 Å². The molecule has 0 aromatic carbocycles. The molecule has 1 saturated carbocycles. The van der Waals surface area contributed by atoms with Crippen molar-refractivity contribution < 1.29 is 4.52 Å². The van der Waals surface area contributed by atoms with E-state index >= 15 is 0 Å². The molecule has 2 atom stereocenters. The molecule has 102 valence electrons. The van der Waals surface area contributed by atoms with E-state index in [0.717, 1.165) is 31.1 Å². The zero-order valence-corrected chi connectivity index (χ0v) is 11.6. The maximum absolute atomic E-state index is 5.49. The Hall–Kier alpha value is -0.900. The fourth-order valence-electron chi connectivity index (χ4n) is 2.85. The van der Waals surface area contributed by atoms with Gasteiger partial charge < -0.3 is 9.84 Å². The van der Waals surface area contributed by atoms with E-state index in [-0.39, 0.29) is 0 Å². The van der Waals surface area contributed by atoms with Crippen LogP contribution in [0.25, 0.3) is 0 Å². The molecule has 1 aliphatic carbocycles. The van der Waals surface area contributed by atoms with Gasteiger partial charge in [0.2, 0.25) is 5.89 Å². The quantitative estimate of drug-likeness (QED) is 0.817. The molecule has 0 spiro atoms. The van der Waals surface area contributed by atoms with E-state index in [4.69, 9.17) is 4.52 Å². The maximum Gasteiger partial charge on any atom is 0.231 e. The third kappa shape index (κ3) is 3.31. The van der Waals surface area contributed by atoms with Crippen molar-refractivity contribution >= 4 is 0 Å². The normalized spacial score (nSPS) is 25.0. The molecule has 0 saturated heterocycles. The van der Waals surface area contributed by atoms with Crippen LogP contribution in [0.5, 0.6) is 0 Å². The summed E-state index contributed by atoms with van der Waals surface area (Å²) in [5, 5.41) is 7.68. The molecule has 1 heterocycles. The van der Waals surface area contributed by atoms with Crippen molar-refractivity contribution in [1.82, 2.24) is 15.5 Å². The van der Waals surface area contributed by atoms with Gasteiger partial charge in [0.25, 0.3) is 0 Å². The summed E-state index contributed by atoms with van der Waals surface area (Å²) < 4.78 is 5.49. The molecule has 4 nitrogen and oxygen atoms in total. The van der Waals surface area contributed by atoms with E-state index in [1.165, 1.54) is 32.1 Å². The summed E-state index contributed by atoms with van der Waals surface area (Å²) in [5.74, 6) is 2.13. The molecule has 1 N–H and O–H groups in total. The summed E-state index contributed by atoms with van der Waals surface area (Å²) in [6.45, 7) is 5.32. The largest absolute Gasteiger partial charge is 0.339 e. The van der Waals surface area contributed by atoms with Crippen molar-refractivity contribution in [3.63, 3.8) is 0 Å². The van der Waals surface area contributed by atoms with Crippen LogP contribution in [0.2, 0.25) is 0 Å². The average molecular weight is 251 g/mol. The summed E-state index contributed by atoms with van der Waals surface area (Å²) in [7, 11) is 0. The second-order valence-corrected chi connectivity index (χ2v) is 5.21. The van der Waals surface area contributed by atoms with Crippen molar-refractivity contribution in [2.24, 2.45) is 0 Å². The van der Waals surface area contributed by atoms with Gasteiger partial charge in [-0.05, 0) is 25.8 Å². The molecule has 0 bridgehead atoms. The highest BCUT2D eigenvalue weighted by atomic mass is 16.5. The van der Waals surface area contributed by atoms with Gasteiger partial charge >= 0.3 is 0 Å². The van der Waals surface area contributed by atoms with Gasteiger partial charge in [-0.25, -0.2) is 0 Å². The van der Waals surface area contributed by atoms with Crippen molar-refractivity contribution in [1.29, 1.82) is 0 Å². The fraction of sp³-hybridized carbons (Fsp3) is 0.857. The number of rotatable bonds is 5. The van der Waals surface area contributed by atoms with Crippen LogP contribution >= 0.6 is 0 Å². The Morgan fingerprint density at radius 1 is 1.22 bits per heavy atom. The molecule has 1 aromatic rings. The molecule has 0 radical (unpaired) electrons. The highest BCUT2D eigenvalue weighted by Gasteiger charge is 2.28. The van der Waals surface area contributed by atoms with Crippen LogP contribution in [0.15, 0.2) is 4.52 Å². The summed E-state index contributed by atoms with van der Waals surface area (Å²) in [6.07, 6.45) is 8.30. The number of aromatic nitrogens is 2. The van der Waals surface area contributed by atoms with E-state index < -0.39 is 0 Å². The summed E-state index contributed by atoms with van der Waals surface area (Å²) in [6, 6.07) is 0.507. The molecule has 18 heavy (non-hydrogen) atoms.